The standard InChI is InChI=1S/C63H52N2Si2/c1-66(2,3)55-43-31-49(32-44-55)47-27-35-51(36-28-47)64(53-39-41-54(42-40-53)65-62-25-15-13-23-60(62)61-24-14-16-26-63(61)65)52-37-29-48(30-38-52)50-33-45-59(46-34-50)67(56-17-7-4-8-18-56,57-19-9-5-10-20-57)58-21-11-6-12-22-58/h4-46H,1-3H3. The molecule has 0 N–H and O–H groups in total. The maximum atomic E-state index is 2.40. The van der Waals surface area contributed by atoms with E-state index >= 15 is 0 Å². The number of para-hydroxylation sites is 2. The van der Waals surface area contributed by atoms with Gasteiger partial charge in [0, 0.05) is 33.5 Å². The maximum absolute atomic E-state index is 2.61. The lowest BCUT2D eigenvalue weighted by atomic mass is 10.0. The molecular weight excluding hydrogens is 841 g/mol. The van der Waals surface area contributed by atoms with Crippen LogP contribution in [0.25, 0.3) is 49.7 Å². The molecule has 0 spiro atoms. The molecule has 0 unspecified atom stereocenters. The van der Waals surface area contributed by atoms with E-state index in [0.717, 1.165) is 22.7 Å². The number of hydrogen-bond donors (Lipinski definition) is 0. The van der Waals surface area contributed by atoms with E-state index in [2.05, 4.69) is 290 Å². The van der Waals surface area contributed by atoms with E-state index in [1.165, 1.54) is 70.0 Å². The summed E-state index contributed by atoms with van der Waals surface area (Å²) in [5, 5.41) is 9.49. The fourth-order valence-electron chi connectivity index (χ4n) is 10.1. The Morgan fingerprint density at radius 2 is 0.582 bits per heavy atom. The minimum Gasteiger partial charge on any atom is -0.311 e. The van der Waals surface area contributed by atoms with Crippen LogP contribution in [0.5, 0.6) is 0 Å². The molecule has 2 nitrogen and oxygen atoms in total. The van der Waals surface area contributed by atoms with Gasteiger partial charge in [-0.1, -0.05) is 225 Å². The highest BCUT2D eigenvalue weighted by Gasteiger charge is 2.41. The van der Waals surface area contributed by atoms with Crippen molar-refractivity contribution in [2.75, 3.05) is 4.90 Å². The van der Waals surface area contributed by atoms with Gasteiger partial charge in [-0.2, -0.15) is 0 Å². The van der Waals surface area contributed by atoms with Crippen LogP contribution in [0.4, 0.5) is 17.1 Å². The molecule has 1 heterocycles. The van der Waals surface area contributed by atoms with Gasteiger partial charge in [0.15, 0.2) is 8.07 Å². The Morgan fingerprint density at radius 3 is 0.955 bits per heavy atom. The summed E-state index contributed by atoms with van der Waals surface area (Å²) in [7, 11) is -4.00. The molecule has 1 aromatic heterocycles. The van der Waals surface area contributed by atoms with Gasteiger partial charge < -0.3 is 9.47 Å². The van der Waals surface area contributed by atoms with Crippen molar-refractivity contribution in [1.82, 2.24) is 4.57 Å². The molecule has 4 heteroatoms. The summed E-state index contributed by atoms with van der Waals surface area (Å²) in [4.78, 5) is 2.38. The summed E-state index contributed by atoms with van der Waals surface area (Å²) in [6.07, 6.45) is 0. The molecule has 0 atom stereocenters. The highest BCUT2D eigenvalue weighted by Crippen LogP contribution is 2.38. The fourth-order valence-corrected chi connectivity index (χ4v) is 16.1. The minimum atomic E-state index is -2.61. The first-order valence-corrected chi connectivity index (χ1v) is 28.8. The molecule has 0 radical (unpaired) electrons. The van der Waals surface area contributed by atoms with Crippen molar-refractivity contribution in [2.24, 2.45) is 0 Å². The van der Waals surface area contributed by atoms with Crippen LogP contribution >= 0.6 is 0 Å². The third-order valence-electron chi connectivity index (χ3n) is 13.6. The van der Waals surface area contributed by atoms with Crippen molar-refractivity contribution in [1.29, 1.82) is 0 Å². The Bertz CT molecular complexity index is 3280. The molecular formula is C63H52N2Si2. The van der Waals surface area contributed by atoms with Gasteiger partial charge in [-0.3, -0.25) is 0 Å². The summed E-state index contributed by atoms with van der Waals surface area (Å²) >= 11 is 0. The number of hydrogen-bond acceptors (Lipinski definition) is 1. The molecule has 11 rings (SSSR count). The number of nitrogens with zero attached hydrogens (tertiary/aromatic N) is 2. The quantitative estimate of drug-likeness (QED) is 0.0928. The Morgan fingerprint density at radius 1 is 0.284 bits per heavy atom. The SMILES string of the molecule is C[Si](C)(C)c1ccc(-c2ccc(N(c3ccc(-c4ccc([Si](c5ccccc5)(c5ccccc5)c5ccccc5)cc4)cc3)c3ccc(-n4c5ccccc5c5ccccc54)cc3)cc2)cc1. The van der Waals surface area contributed by atoms with Gasteiger partial charge in [0.2, 0.25) is 0 Å². The van der Waals surface area contributed by atoms with E-state index in [0.29, 0.717) is 0 Å². The average molecular weight is 893 g/mol. The Hall–Kier alpha value is -7.77. The topological polar surface area (TPSA) is 8.17 Å². The van der Waals surface area contributed by atoms with E-state index < -0.39 is 16.1 Å². The lowest BCUT2D eigenvalue weighted by Gasteiger charge is -2.34. The van der Waals surface area contributed by atoms with Crippen LogP contribution in [0.15, 0.2) is 261 Å². The van der Waals surface area contributed by atoms with Crippen molar-refractivity contribution >= 4 is 80.9 Å². The number of rotatable bonds is 11. The first-order valence-electron chi connectivity index (χ1n) is 23.3. The Balaban J connectivity index is 0.967. The summed E-state index contributed by atoms with van der Waals surface area (Å²) in [6, 6.07) is 96.6. The van der Waals surface area contributed by atoms with Crippen LogP contribution in [0, 0.1) is 0 Å². The largest absolute Gasteiger partial charge is 0.311 e. The first-order chi connectivity index (χ1) is 32.9. The normalized spacial score (nSPS) is 11.8. The van der Waals surface area contributed by atoms with Crippen molar-refractivity contribution in [3.63, 3.8) is 0 Å². The van der Waals surface area contributed by atoms with E-state index in [1.54, 1.807) is 0 Å². The summed E-state index contributed by atoms with van der Waals surface area (Å²) in [5.74, 6) is 0. The van der Waals surface area contributed by atoms with Crippen LogP contribution < -0.4 is 30.8 Å². The van der Waals surface area contributed by atoms with Crippen LogP contribution in [-0.2, 0) is 0 Å². The highest BCUT2D eigenvalue weighted by molar-refractivity contribution is 7.19. The molecule has 0 fully saturated rings. The zero-order valence-electron chi connectivity index (χ0n) is 38.2. The van der Waals surface area contributed by atoms with Crippen LogP contribution in [-0.4, -0.2) is 20.7 Å². The number of fused-ring (bicyclic) bond motifs is 3. The third-order valence-corrected chi connectivity index (χ3v) is 20.4. The molecule has 0 saturated heterocycles. The summed E-state index contributed by atoms with van der Waals surface area (Å²) in [6.45, 7) is 7.21. The van der Waals surface area contributed by atoms with E-state index in [9.17, 15) is 0 Å². The average Bonchev–Trinajstić information content (AvgIpc) is 3.73. The lowest BCUT2D eigenvalue weighted by Crippen LogP contribution is -2.74. The van der Waals surface area contributed by atoms with Gasteiger partial charge in [0.1, 0.15) is 0 Å². The second kappa shape index (κ2) is 17.6. The smallest absolute Gasteiger partial charge is 0.179 e. The zero-order valence-corrected chi connectivity index (χ0v) is 40.2. The van der Waals surface area contributed by atoms with Crippen molar-refractivity contribution < 1.29 is 0 Å². The van der Waals surface area contributed by atoms with Crippen LogP contribution in [0.3, 0.4) is 0 Å². The van der Waals surface area contributed by atoms with Crippen LogP contribution in [0.1, 0.15) is 0 Å². The monoisotopic (exact) mass is 892 g/mol. The van der Waals surface area contributed by atoms with Gasteiger partial charge in [-0.15, -0.1) is 0 Å². The molecule has 0 amide bonds. The molecule has 0 saturated carbocycles. The molecule has 0 aliphatic carbocycles. The Labute approximate surface area is 396 Å². The molecule has 0 bridgehead atoms. The van der Waals surface area contributed by atoms with Gasteiger partial charge >= 0.3 is 0 Å². The number of aromatic nitrogens is 1. The van der Waals surface area contributed by atoms with Gasteiger partial charge in [0.05, 0.1) is 19.1 Å². The lowest BCUT2D eigenvalue weighted by molar-refractivity contribution is 1.17. The van der Waals surface area contributed by atoms with Crippen molar-refractivity contribution in [3.8, 4) is 27.9 Å². The number of benzene rings is 10. The second-order valence-corrected chi connectivity index (χ2v) is 27.5. The predicted octanol–water partition coefficient (Wildman–Crippen LogP) is 13.5. The molecule has 67 heavy (non-hydrogen) atoms. The van der Waals surface area contributed by atoms with Crippen molar-refractivity contribution in [3.05, 3.63) is 261 Å². The predicted molar refractivity (Wildman–Crippen MR) is 293 cm³/mol. The Kier molecular flexibility index (Phi) is 11.0. The van der Waals surface area contributed by atoms with E-state index in [1.807, 2.05) is 0 Å². The maximum Gasteiger partial charge on any atom is 0.179 e. The fraction of sp³-hybridized carbons (Fsp3) is 0.0476. The van der Waals surface area contributed by atoms with Gasteiger partial charge in [0.25, 0.3) is 0 Å². The molecule has 0 aliphatic rings. The third kappa shape index (κ3) is 7.74. The van der Waals surface area contributed by atoms with E-state index in [-0.39, 0.29) is 0 Å². The summed E-state index contributed by atoms with van der Waals surface area (Å²) < 4.78 is 2.38. The van der Waals surface area contributed by atoms with Crippen molar-refractivity contribution in [2.45, 2.75) is 19.6 Å². The molecule has 10 aromatic carbocycles. The second-order valence-electron chi connectivity index (χ2n) is 18.6. The number of anilines is 3. The van der Waals surface area contributed by atoms with Gasteiger partial charge in [-0.25, -0.2) is 0 Å². The highest BCUT2D eigenvalue weighted by atomic mass is 28.3. The van der Waals surface area contributed by atoms with Gasteiger partial charge in [-0.05, 0) is 104 Å². The first kappa shape index (κ1) is 41.9. The molecule has 322 valence electrons. The zero-order chi connectivity index (χ0) is 45.4. The molecule has 11 aromatic rings. The van der Waals surface area contributed by atoms with Crippen LogP contribution in [0.2, 0.25) is 19.6 Å². The van der Waals surface area contributed by atoms with E-state index in [4.69, 9.17) is 0 Å². The summed E-state index contributed by atoms with van der Waals surface area (Å²) in [5.41, 5.74) is 11.7. The molecule has 0 aliphatic heterocycles. The minimum absolute atomic E-state index is 1.10.